The molecule has 2 aliphatic heterocycles. The Morgan fingerprint density at radius 2 is 1.71 bits per heavy atom. The average Bonchev–Trinajstić information content (AvgIpc) is 3.83. The summed E-state index contributed by atoms with van der Waals surface area (Å²) >= 11 is 1.43. The minimum atomic E-state index is -3.74. The lowest BCUT2D eigenvalue weighted by Gasteiger charge is -2.31. The van der Waals surface area contributed by atoms with Crippen molar-refractivity contribution in [3.05, 3.63) is 119 Å². The van der Waals surface area contributed by atoms with Crippen LogP contribution in [0.2, 0.25) is 0 Å². The van der Waals surface area contributed by atoms with Crippen molar-refractivity contribution >= 4 is 54.4 Å². The molecule has 0 bridgehead atoms. The molecule has 1 saturated heterocycles. The Bertz CT molecular complexity index is 2520. The largest absolute Gasteiger partial charge is 0.455 e. The molecule has 3 aromatic heterocycles. The van der Waals surface area contributed by atoms with Crippen LogP contribution in [0.1, 0.15) is 58.3 Å². The Morgan fingerprint density at radius 1 is 0.929 bits per heavy atom. The number of amides is 1. The monoisotopic (exact) mass is 791 g/mol. The number of morpholine rings is 1. The van der Waals surface area contributed by atoms with Gasteiger partial charge < -0.3 is 14.4 Å². The number of esters is 1. The smallest absolute Gasteiger partial charge is 0.358 e. The number of benzene rings is 3. The summed E-state index contributed by atoms with van der Waals surface area (Å²) in [5.41, 5.74) is 4.44. The third-order valence-corrected chi connectivity index (χ3v) is 12.6. The number of anilines is 2. The Labute approximate surface area is 329 Å². The van der Waals surface area contributed by atoms with Crippen LogP contribution >= 0.6 is 11.3 Å². The number of nitrogens with zero attached hydrogens (tertiary/aromatic N) is 6. The summed E-state index contributed by atoms with van der Waals surface area (Å²) in [6.07, 6.45) is 4.09. The second-order valence-corrected chi connectivity index (χ2v) is 17.6. The number of rotatable bonds is 9. The van der Waals surface area contributed by atoms with Crippen molar-refractivity contribution in [3.63, 3.8) is 0 Å². The molecule has 1 amide bonds. The first-order valence-corrected chi connectivity index (χ1v) is 20.6. The molecule has 5 heterocycles. The lowest BCUT2D eigenvalue weighted by atomic mass is 9.94. The second-order valence-electron chi connectivity index (χ2n) is 14.7. The van der Waals surface area contributed by atoms with E-state index in [4.69, 9.17) is 14.5 Å². The topological polar surface area (TPSA) is 149 Å². The highest BCUT2D eigenvalue weighted by Gasteiger charge is 2.30. The number of nitrogens with one attached hydrogen (secondary N) is 1. The van der Waals surface area contributed by atoms with Crippen LogP contribution in [0.5, 0.6) is 0 Å². The molecule has 15 heteroatoms. The summed E-state index contributed by atoms with van der Waals surface area (Å²) in [6.45, 7) is 7.93. The van der Waals surface area contributed by atoms with E-state index in [1.54, 1.807) is 62.1 Å². The predicted molar refractivity (Wildman–Crippen MR) is 215 cm³/mol. The summed E-state index contributed by atoms with van der Waals surface area (Å²) < 4.78 is 42.5. The number of carbonyl (C=O) groups excluding carboxylic acids is 2. The van der Waals surface area contributed by atoms with Gasteiger partial charge in [-0.1, -0.05) is 53.8 Å². The Balaban J connectivity index is 1.07. The van der Waals surface area contributed by atoms with Gasteiger partial charge in [-0.3, -0.25) is 14.8 Å². The normalized spacial score (nSPS) is 15.1. The number of fused-ring (bicyclic) bond motifs is 2. The quantitative estimate of drug-likeness (QED) is 0.163. The molecule has 1 fully saturated rings. The fraction of sp³-hybridized carbons (Fsp3) is 0.293. The lowest BCUT2D eigenvalue weighted by molar-refractivity contribution is 0.00637. The molecule has 0 atom stereocenters. The van der Waals surface area contributed by atoms with Gasteiger partial charge in [0.1, 0.15) is 11.4 Å². The average molecular weight is 792 g/mol. The number of ether oxygens (including phenoxy) is 2. The minimum Gasteiger partial charge on any atom is -0.455 e. The molecular formula is C41H41N7O6S2. The number of sulfonamides is 1. The van der Waals surface area contributed by atoms with Crippen molar-refractivity contribution in [2.45, 2.75) is 50.8 Å². The van der Waals surface area contributed by atoms with Crippen LogP contribution in [-0.2, 0) is 39.0 Å². The fourth-order valence-corrected chi connectivity index (χ4v) is 9.48. The second kappa shape index (κ2) is 15.2. The van der Waals surface area contributed by atoms with Crippen LogP contribution in [-0.4, -0.2) is 82.8 Å². The maximum absolute atomic E-state index is 13.8. The first kappa shape index (κ1) is 37.4. The van der Waals surface area contributed by atoms with Crippen LogP contribution in [0.3, 0.4) is 0 Å². The molecule has 8 rings (SSSR count). The SMILES string of the molecule is CC(C)(C)OC(=O)c1nc(N2CCc3cccc(C(=O)Nc4nc5ccccc5s4)c3C2)ccc1-c1cnn(Cc2ccccc2S(=O)(=O)N2CCOCC2)c1. The number of hydrogen-bond donors (Lipinski definition) is 1. The van der Waals surface area contributed by atoms with E-state index in [-0.39, 0.29) is 23.0 Å². The molecule has 3 aromatic carbocycles. The van der Waals surface area contributed by atoms with Crippen molar-refractivity contribution in [1.29, 1.82) is 0 Å². The van der Waals surface area contributed by atoms with Gasteiger partial charge in [0.25, 0.3) is 5.91 Å². The zero-order chi connectivity index (χ0) is 39.0. The number of pyridine rings is 1. The molecule has 0 spiro atoms. The van der Waals surface area contributed by atoms with Gasteiger partial charge in [0, 0.05) is 49.1 Å². The van der Waals surface area contributed by atoms with Gasteiger partial charge in [0.2, 0.25) is 10.0 Å². The van der Waals surface area contributed by atoms with Gasteiger partial charge in [-0.25, -0.2) is 23.2 Å². The molecule has 2 aliphatic rings. The number of hydrogen-bond acceptors (Lipinski definition) is 11. The first-order chi connectivity index (χ1) is 26.9. The van der Waals surface area contributed by atoms with Crippen molar-refractivity contribution in [2.75, 3.05) is 43.1 Å². The maximum Gasteiger partial charge on any atom is 0.358 e. The van der Waals surface area contributed by atoms with Crippen molar-refractivity contribution < 1.29 is 27.5 Å². The fourth-order valence-electron chi connectivity index (χ4n) is 7.00. The van der Waals surface area contributed by atoms with Crippen molar-refractivity contribution in [1.82, 2.24) is 24.1 Å². The third kappa shape index (κ3) is 7.80. The highest BCUT2D eigenvalue weighted by atomic mass is 32.2. The number of aromatic nitrogens is 4. The summed E-state index contributed by atoms with van der Waals surface area (Å²) in [5.74, 6) is -0.257. The lowest BCUT2D eigenvalue weighted by Crippen LogP contribution is -2.41. The molecule has 13 nitrogen and oxygen atoms in total. The van der Waals surface area contributed by atoms with E-state index in [2.05, 4.69) is 20.3 Å². The Kier molecular flexibility index (Phi) is 10.2. The Morgan fingerprint density at radius 3 is 2.52 bits per heavy atom. The molecule has 6 aromatic rings. The van der Waals surface area contributed by atoms with Gasteiger partial charge in [-0.05, 0) is 80.3 Å². The van der Waals surface area contributed by atoms with Crippen molar-refractivity contribution in [3.8, 4) is 11.1 Å². The van der Waals surface area contributed by atoms with Crippen LogP contribution in [0.4, 0.5) is 10.9 Å². The molecule has 0 aliphatic carbocycles. The van der Waals surface area contributed by atoms with Crippen molar-refractivity contribution in [2.24, 2.45) is 0 Å². The molecule has 0 saturated carbocycles. The zero-order valence-electron chi connectivity index (χ0n) is 31.3. The number of thiazole rings is 1. The van der Waals surface area contributed by atoms with Gasteiger partial charge in [-0.15, -0.1) is 0 Å². The van der Waals surface area contributed by atoms with E-state index in [1.807, 2.05) is 54.6 Å². The molecule has 56 heavy (non-hydrogen) atoms. The standard InChI is InChI=1S/C41H41N7O6S2/c1-41(2,3)54-39(50)37-30(29-23-42-47(25-29)24-28-9-4-7-14-35(28)56(51,52)48-19-21-53-22-20-48)15-16-36(44-37)46-18-17-27-10-8-11-31(32(27)26-46)38(49)45-40-43-33-12-5-6-13-34(33)55-40/h4-16,23,25H,17-22,24,26H2,1-3H3,(H,43,45,49). The van der Waals surface area contributed by atoms with Crippen LogP contribution in [0, 0.1) is 0 Å². The summed E-state index contributed by atoms with van der Waals surface area (Å²) in [6, 6.07) is 24.1. The van der Waals surface area contributed by atoms with Crippen LogP contribution in [0.15, 0.2) is 96.2 Å². The molecule has 0 unspecified atom stereocenters. The molecular weight excluding hydrogens is 751 g/mol. The highest BCUT2D eigenvalue weighted by molar-refractivity contribution is 7.89. The van der Waals surface area contributed by atoms with Gasteiger partial charge >= 0.3 is 5.97 Å². The summed E-state index contributed by atoms with van der Waals surface area (Å²) in [5, 5.41) is 8.09. The first-order valence-electron chi connectivity index (χ1n) is 18.4. The third-order valence-electron chi connectivity index (χ3n) is 9.67. The van der Waals surface area contributed by atoms with E-state index in [0.717, 1.165) is 21.3 Å². The Hall–Kier alpha value is -5.48. The predicted octanol–water partition coefficient (Wildman–Crippen LogP) is 6.39. The minimum absolute atomic E-state index is 0.125. The van der Waals surface area contributed by atoms with Crippen LogP contribution < -0.4 is 10.2 Å². The molecule has 1 N–H and O–H groups in total. The highest BCUT2D eigenvalue weighted by Crippen LogP contribution is 2.32. The molecule has 288 valence electrons. The maximum atomic E-state index is 13.8. The van der Waals surface area contributed by atoms with Gasteiger partial charge in [-0.2, -0.15) is 9.40 Å². The van der Waals surface area contributed by atoms with E-state index in [9.17, 15) is 18.0 Å². The summed E-state index contributed by atoms with van der Waals surface area (Å²) in [7, 11) is -3.74. The van der Waals surface area contributed by atoms with E-state index in [0.29, 0.717) is 79.0 Å². The summed E-state index contributed by atoms with van der Waals surface area (Å²) in [4.78, 5) is 39.2. The van der Waals surface area contributed by atoms with E-state index >= 15 is 0 Å². The molecule has 0 radical (unpaired) electrons. The van der Waals surface area contributed by atoms with Crippen LogP contribution in [0.25, 0.3) is 21.3 Å². The number of carbonyl (C=O) groups is 2. The van der Waals surface area contributed by atoms with Gasteiger partial charge in [0.15, 0.2) is 10.8 Å². The van der Waals surface area contributed by atoms with Gasteiger partial charge in [0.05, 0.1) is 41.1 Å². The zero-order valence-corrected chi connectivity index (χ0v) is 32.9. The van der Waals surface area contributed by atoms with E-state index in [1.165, 1.54) is 15.6 Å². The van der Waals surface area contributed by atoms with E-state index < -0.39 is 21.6 Å². The number of para-hydroxylation sites is 1.